The van der Waals surface area contributed by atoms with Crippen LogP contribution in [-0.2, 0) is 4.79 Å². The van der Waals surface area contributed by atoms with Crippen molar-refractivity contribution >= 4 is 5.97 Å². The zero-order valence-corrected chi connectivity index (χ0v) is 12.7. The molecule has 2 aromatic carbocycles. The lowest BCUT2D eigenvalue weighted by atomic mass is 9.79. The van der Waals surface area contributed by atoms with E-state index in [1.165, 1.54) is 0 Å². The van der Waals surface area contributed by atoms with E-state index in [2.05, 4.69) is 6.07 Å². The molecule has 0 heterocycles. The van der Waals surface area contributed by atoms with E-state index in [0.717, 1.165) is 16.7 Å². The smallest absolute Gasteiger partial charge is 0.312 e. The van der Waals surface area contributed by atoms with Gasteiger partial charge in [-0.15, -0.1) is 0 Å². The van der Waals surface area contributed by atoms with E-state index >= 15 is 0 Å². The third-order valence-electron chi connectivity index (χ3n) is 3.85. The number of carboxylic acid groups (broad SMARTS) is 1. The summed E-state index contributed by atoms with van der Waals surface area (Å²) in [6.45, 7) is 4.06. The maximum atomic E-state index is 11.9. The van der Waals surface area contributed by atoms with E-state index in [0.29, 0.717) is 0 Å². The van der Waals surface area contributed by atoms with Crippen molar-refractivity contribution in [1.29, 1.82) is 5.26 Å². The summed E-state index contributed by atoms with van der Waals surface area (Å²) in [5, 5.41) is 19.3. The van der Waals surface area contributed by atoms with Gasteiger partial charge in [-0.05, 0) is 22.6 Å². The van der Waals surface area contributed by atoms with Crippen molar-refractivity contribution in [2.45, 2.75) is 31.6 Å². The lowest BCUT2D eigenvalue weighted by Gasteiger charge is -2.23. The van der Waals surface area contributed by atoms with Gasteiger partial charge < -0.3 is 5.11 Å². The van der Waals surface area contributed by atoms with Crippen LogP contribution in [-0.4, -0.2) is 11.1 Å². The van der Waals surface area contributed by atoms with Crippen LogP contribution in [0.15, 0.2) is 54.6 Å². The summed E-state index contributed by atoms with van der Waals surface area (Å²) in [4.78, 5) is 11.9. The fourth-order valence-electron chi connectivity index (χ4n) is 2.78. The highest BCUT2D eigenvalue weighted by Gasteiger charge is 2.33. The van der Waals surface area contributed by atoms with Gasteiger partial charge in [0.25, 0.3) is 0 Å². The van der Waals surface area contributed by atoms with E-state index in [-0.39, 0.29) is 5.92 Å². The second-order valence-corrected chi connectivity index (χ2v) is 5.62. The molecule has 22 heavy (non-hydrogen) atoms. The molecule has 112 valence electrons. The molecule has 0 aliphatic rings. The first-order chi connectivity index (χ1) is 10.6. The molecule has 0 spiro atoms. The summed E-state index contributed by atoms with van der Waals surface area (Å²) in [5.74, 6) is -2.35. The number of nitriles is 1. The average Bonchev–Trinajstić information content (AvgIpc) is 2.53. The van der Waals surface area contributed by atoms with Crippen LogP contribution >= 0.6 is 0 Å². The summed E-state index contributed by atoms with van der Waals surface area (Å²) in [5.41, 5.74) is 2.43. The molecule has 3 nitrogen and oxygen atoms in total. The highest BCUT2D eigenvalue weighted by atomic mass is 16.4. The number of carbonyl (C=O) groups is 1. The maximum absolute atomic E-state index is 11.9. The molecule has 0 radical (unpaired) electrons. The van der Waals surface area contributed by atoms with Crippen LogP contribution in [0.3, 0.4) is 0 Å². The molecule has 0 saturated heterocycles. The molecule has 0 aliphatic heterocycles. The van der Waals surface area contributed by atoms with Crippen LogP contribution in [0.4, 0.5) is 0 Å². The van der Waals surface area contributed by atoms with Gasteiger partial charge in [0.05, 0.1) is 12.0 Å². The number of hydrogen-bond acceptors (Lipinski definition) is 2. The molecule has 0 aromatic heterocycles. The van der Waals surface area contributed by atoms with E-state index in [4.69, 9.17) is 0 Å². The molecule has 0 aliphatic carbocycles. The van der Waals surface area contributed by atoms with Gasteiger partial charge in [0.15, 0.2) is 0 Å². The zero-order chi connectivity index (χ0) is 16.1. The Balaban J connectivity index is 2.56. The Kier molecular flexibility index (Phi) is 4.95. The Bertz CT molecular complexity index is 686. The van der Waals surface area contributed by atoms with E-state index in [1.807, 2.05) is 68.4 Å². The van der Waals surface area contributed by atoms with Gasteiger partial charge in [-0.2, -0.15) is 5.26 Å². The van der Waals surface area contributed by atoms with Crippen LogP contribution in [0.2, 0.25) is 0 Å². The van der Waals surface area contributed by atoms with Gasteiger partial charge in [-0.3, -0.25) is 4.79 Å². The molecular weight excluding hydrogens is 274 g/mol. The van der Waals surface area contributed by atoms with E-state index in [9.17, 15) is 15.2 Å². The Labute approximate surface area is 130 Å². The lowest BCUT2D eigenvalue weighted by molar-refractivity contribution is -0.139. The number of benzene rings is 2. The molecule has 0 fully saturated rings. The summed E-state index contributed by atoms with van der Waals surface area (Å²) >= 11 is 0. The van der Waals surface area contributed by atoms with Crippen LogP contribution in [0.5, 0.6) is 0 Å². The van der Waals surface area contributed by atoms with E-state index < -0.39 is 17.8 Å². The average molecular weight is 293 g/mol. The topological polar surface area (TPSA) is 61.1 Å². The molecule has 2 atom stereocenters. The summed E-state index contributed by atoms with van der Waals surface area (Å²) in [6.07, 6.45) is 0. The van der Waals surface area contributed by atoms with Crippen molar-refractivity contribution < 1.29 is 9.90 Å². The fourth-order valence-corrected chi connectivity index (χ4v) is 2.78. The standard InChI is InChI=1S/C19H19NO2/c1-13(2)15-10-6-7-11-16(15)18(19(21)22)17(12-20)14-8-4-3-5-9-14/h3-11,13,17-18H,1-2H3,(H,21,22). The quantitative estimate of drug-likeness (QED) is 0.894. The highest BCUT2D eigenvalue weighted by Crippen LogP contribution is 2.36. The second-order valence-electron chi connectivity index (χ2n) is 5.62. The molecule has 0 bridgehead atoms. The first kappa shape index (κ1) is 15.8. The van der Waals surface area contributed by atoms with Gasteiger partial charge in [0.1, 0.15) is 5.92 Å². The normalized spacial score (nSPS) is 13.4. The molecule has 3 heteroatoms. The number of hydrogen-bond donors (Lipinski definition) is 1. The summed E-state index contributed by atoms with van der Waals surface area (Å²) < 4.78 is 0. The fraction of sp³-hybridized carbons (Fsp3) is 0.263. The Morgan fingerprint density at radius 2 is 1.55 bits per heavy atom. The van der Waals surface area contributed by atoms with Gasteiger partial charge in [0.2, 0.25) is 0 Å². The van der Waals surface area contributed by atoms with Crippen molar-refractivity contribution in [1.82, 2.24) is 0 Å². The van der Waals surface area contributed by atoms with Crippen LogP contribution < -0.4 is 0 Å². The highest BCUT2D eigenvalue weighted by molar-refractivity contribution is 5.79. The van der Waals surface area contributed by atoms with Gasteiger partial charge in [-0.25, -0.2) is 0 Å². The predicted molar refractivity (Wildman–Crippen MR) is 85.7 cm³/mol. The van der Waals surface area contributed by atoms with Gasteiger partial charge in [0, 0.05) is 0 Å². The summed E-state index contributed by atoms with van der Waals surface area (Å²) in [6, 6.07) is 18.8. The number of rotatable bonds is 5. The monoisotopic (exact) mass is 293 g/mol. The minimum absolute atomic E-state index is 0.202. The van der Waals surface area contributed by atoms with Crippen molar-refractivity contribution in [3.63, 3.8) is 0 Å². The first-order valence-electron chi connectivity index (χ1n) is 7.32. The molecule has 0 saturated carbocycles. The SMILES string of the molecule is CC(C)c1ccccc1C(C(=O)O)C(C#N)c1ccccc1. The predicted octanol–water partition coefficient (Wildman–Crippen LogP) is 4.29. The zero-order valence-electron chi connectivity index (χ0n) is 12.7. The molecule has 1 N–H and O–H groups in total. The molecule has 0 amide bonds. The van der Waals surface area contributed by atoms with Crippen molar-refractivity contribution in [2.24, 2.45) is 0 Å². The Morgan fingerprint density at radius 1 is 1.00 bits per heavy atom. The summed E-state index contributed by atoms with van der Waals surface area (Å²) in [7, 11) is 0. The van der Waals surface area contributed by atoms with E-state index in [1.54, 1.807) is 0 Å². The number of nitrogens with zero attached hydrogens (tertiary/aromatic N) is 1. The van der Waals surface area contributed by atoms with Crippen LogP contribution in [0.1, 0.15) is 48.3 Å². The van der Waals surface area contributed by atoms with Crippen molar-refractivity contribution in [2.75, 3.05) is 0 Å². The second kappa shape index (κ2) is 6.91. The largest absolute Gasteiger partial charge is 0.481 e. The lowest BCUT2D eigenvalue weighted by Crippen LogP contribution is -2.21. The van der Waals surface area contributed by atoms with Gasteiger partial charge in [-0.1, -0.05) is 68.4 Å². The van der Waals surface area contributed by atoms with Crippen molar-refractivity contribution in [3.05, 3.63) is 71.3 Å². The van der Waals surface area contributed by atoms with Crippen LogP contribution in [0, 0.1) is 11.3 Å². The molecule has 2 aromatic rings. The minimum atomic E-state index is -0.969. The Hall–Kier alpha value is -2.60. The maximum Gasteiger partial charge on any atom is 0.312 e. The number of aliphatic carboxylic acids is 1. The molecule has 2 rings (SSSR count). The third kappa shape index (κ3) is 3.17. The third-order valence-corrected chi connectivity index (χ3v) is 3.85. The molecular formula is C19H19NO2. The molecule has 2 unspecified atom stereocenters. The van der Waals surface area contributed by atoms with Crippen LogP contribution in [0.25, 0.3) is 0 Å². The Morgan fingerprint density at radius 3 is 2.05 bits per heavy atom. The van der Waals surface area contributed by atoms with Gasteiger partial charge >= 0.3 is 5.97 Å². The van der Waals surface area contributed by atoms with Crippen molar-refractivity contribution in [3.8, 4) is 6.07 Å². The minimum Gasteiger partial charge on any atom is -0.481 e. The number of carboxylic acids is 1. The first-order valence-corrected chi connectivity index (χ1v) is 7.32.